The van der Waals surface area contributed by atoms with Gasteiger partial charge in [0.25, 0.3) is 5.91 Å². The van der Waals surface area contributed by atoms with Gasteiger partial charge in [0.15, 0.2) is 5.69 Å². The van der Waals surface area contributed by atoms with Gasteiger partial charge in [-0.15, -0.1) is 12.4 Å². The fraction of sp³-hybridized carbons (Fsp3) is 0.583. The molecule has 1 aromatic rings. The number of H-pyrrole nitrogens is 1. The van der Waals surface area contributed by atoms with Gasteiger partial charge in [0.05, 0.1) is 0 Å². The maximum absolute atomic E-state index is 12.4. The molecule has 0 aliphatic carbocycles. The highest BCUT2D eigenvalue weighted by atomic mass is 35.5. The van der Waals surface area contributed by atoms with Gasteiger partial charge in [-0.3, -0.25) is 4.79 Å². The van der Waals surface area contributed by atoms with E-state index in [2.05, 4.69) is 4.98 Å². The Morgan fingerprint density at radius 2 is 2.25 bits per heavy atom. The summed E-state index contributed by atoms with van der Waals surface area (Å²) in [6.45, 7) is 1.23. The minimum Gasteiger partial charge on any atom is -0.358 e. The van der Waals surface area contributed by atoms with Crippen molar-refractivity contribution in [1.29, 1.82) is 0 Å². The lowest BCUT2D eigenvalue weighted by molar-refractivity contribution is -0.389. The third kappa shape index (κ3) is 3.49. The van der Waals surface area contributed by atoms with Crippen molar-refractivity contribution in [3.63, 3.8) is 0 Å². The zero-order chi connectivity index (χ0) is 13.8. The van der Waals surface area contributed by atoms with Gasteiger partial charge in [0.1, 0.15) is 0 Å². The number of nitrogens with two attached hydrogens (primary N) is 1. The van der Waals surface area contributed by atoms with E-state index in [-0.39, 0.29) is 35.9 Å². The molecule has 2 heterocycles. The van der Waals surface area contributed by atoms with Gasteiger partial charge in [0, 0.05) is 18.7 Å². The molecule has 0 spiro atoms. The van der Waals surface area contributed by atoms with Gasteiger partial charge in [-0.05, 0) is 43.2 Å². The van der Waals surface area contributed by atoms with E-state index in [1.807, 2.05) is 0 Å². The van der Waals surface area contributed by atoms with Crippen molar-refractivity contribution in [3.8, 4) is 0 Å². The highest BCUT2D eigenvalue weighted by Crippen LogP contribution is 2.22. The summed E-state index contributed by atoms with van der Waals surface area (Å²) >= 11 is 0. The minimum absolute atomic E-state index is 0. The summed E-state index contributed by atoms with van der Waals surface area (Å²) in [4.78, 5) is 26.8. The molecule has 1 aromatic heterocycles. The standard InChI is InChI=1S/C12H18N4O3.ClH/c13-7-6-9-3-1-2-8-15(9)12(17)10-4-5-11(14-10)16(18)19;/h4-5,9,14H,1-3,6-8,13H2;1H. The van der Waals surface area contributed by atoms with Crippen LogP contribution in [0.25, 0.3) is 0 Å². The van der Waals surface area contributed by atoms with Crippen LogP contribution in [0.1, 0.15) is 36.2 Å². The van der Waals surface area contributed by atoms with Gasteiger partial charge in [-0.1, -0.05) is 0 Å². The lowest BCUT2D eigenvalue weighted by Crippen LogP contribution is -2.44. The number of carbonyl (C=O) groups is 1. The van der Waals surface area contributed by atoms with Crippen LogP contribution in [0.2, 0.25) is 0 Å². The number of piperidine rings is 1. The van der Waals surface area contributed by atoms with E-state index in [1.165, 1.54) is 12.1 Å². The molecular formula is C12H19ClN4O3. The van der Waals surface area contributed by atoms with Crippen molar-refractivity contribution < 1.29 is 9.72 Å². The van der Waals surface area contributed by atoms with Crippen LogP contribution < -0.4 is 5.73 Å². The number of nitrogens with zero attached hydrogens (tertiary/aromatic N) is 2. The van der Waals surface area contributed by atoms with Crippen molar-refractivity contribution in [1.82, 2.24) is 9.88 Å². The molecule has 1 amide bonds. The van der Waals surface area contributed by atoms with E-state index >= 15 is 0 Å². The van der Waals surface area contributed by atoms with Crippen LogP contribution in [0.5, 0.6) is 0 Å². The van der Waals surface area contributed by atoms with Gasteiger partial charge >= 0.3 is 5.82 Å². The molecule has 0 aromatic carbocycles. The molecule has 8 heteroatoms. The molecule has 3 N–H and O–H groups in total. The summed E-state index contributed by atoms with van der Waals surface area (Å²) in [6.07, 6.45) is 3.79. The van der Waals surface area contributed by atoms with Gasteiger partial charge in [-0.25, -0.2) is 4.98 Å². The van der Waals surface area contributed by atoms with E-state index in [9.17, 15) is 14.9 Å². The molecule has 1 atom stereocenters. The van der Waals surface area contributed by atoms with Crippen LogP contribution in [-0.2, 0) is 0 Å². The monoisotopic (exact) mass is 302 g/mol. The first-order chi connectivity index (χ1) is 9.13. The first kappa shape index (κ1) is 16.5. The SMILES string of the molecule is Cl.NCCC1CCCCN1C(=O)c1ccc([N+](=O)[O-])[nH]1. The number of hydrogen-bond acceptors (Lipinski definition) is 4. The van der Waals surface area contributed by atoms with Gasteiger partial charge < -0.3 is 20.7 Å². The summed E-state index contributed by atoms with van der Waals surface area (Å²) in [5.74, 6) is -0.331. The first-order valence-corrected chi connectivity index (χ1v) is 6.48. The fourth-order valence-electron chi connectivity index (χ4n) is 2.53. The Kier molecular flexibility index (Phi) is 5.97. The lowest BCUT2D eigenvalue weighted by Gasteiger charge is -2.34. The molecule has 0 radical (unpaired) electrons. The van der Waals surface area contributed by atoms with E-state index < -0.39 is 4.92 Å². The Labute approximate surface area is 123 Å². The van der Waals surface area contributed by atoms with E-state index in [1.54, 1.807) is 4.90 Å². The molecule has 1 unspecified atom stereocenters. The Balaban J connectivity index is 0.00000200. The smallest absolute Gasteiger partial charge is 0.321 e. The van der Waals surface area contributed by atoms with Crippen LogP contribution in [0, 0.1) is 10.1 Å². The van der Waals surface area contributed by atoms with Crippen LogP contribution in [-0.4, -0.2) is 39.8 Å². The minimum atomic E-state index is -0.537. The maximum atomic E-state index is 12.4. The number of rotatable bonds is 4. The van der Waals surface area contributed by atoms with E-state index in [4.69, 9.17) is 5.73 Å². The summed E-state index contributed by atoms with van der Waals surface area (Å²) in [7, 11) is 0. The quantitative estimate of drug-likeness (QED) is 0.652. The Morgan fingerprint density at radius 1 is 1.50 bits per heavy atom. The maximum Gasteiger partial charge on any atom is 0.321 e. The summed E-state index contributed by atoms with van der Waals surface area (Å²) in [5, 5.41) is 10.6. The zero-order valence-electron chi connectivity index (χ0n) is 11.1. The molecule has 0 saturated carbocycles. The highest BCUT2D eigenvalue weighted by molar-refractivity contribution is 5.93. The zero-order valence-corrected chi connectivity index (χ0v) is 11.9. The predicted molar refractivity (Wildman–Crippen MR) is 77.0 cm³/mol. The Morgan fingerprint density at radius 3 is 2.85 bits per heavy atom. The largest absolute Gasteiger partial charge is 0.358 e. The van der Waals surface area contributed by atoms with Crippen molar-refractivity contribution in [2.45, 2.75) is 31.7 Å². The third-order valence-corrected chi connectivity index (χ3v) is 3.49. The van der Waals surface area contributed by atoms with Crippen molar-refractivity contribution in [3.05, 3.63) is 27.9 Å². The van der Waals surface area contributed by atoms with Crippen LogP contribution in [0.4, 0.5) is 5.82 Å². The summed E-state index contributed by atoms with van der Waals surface area (Å²) in [5.41, 5.74) is 5.84. The van der Waals surface area contributed by atoms with E-state index in [0.29, 0.717) is 13.1 Å². The van der Waals surface area contributed by atoms with Crippen molar-refractivity contribution in [2.24, 2.45) is 5.73 Å². The topological polar surface area (TPSA) is 105 Å². The number of nitro groups is 1. The third-order valence-electron chi connectivity index (χ3n) is 3.49. The number of aromatic amines is 1. The molecular weight excluding hydrogens is 284 g/mol. The molecule has 7 nitrogen and oxygen atoms in total. The van der Waals surface area contributed by atoms with Crippen LogP contribution in [0.3, 0.4) is 0 Å². The Bertz CT molecular complexity index is 475. The number of halogens is 1. The lowest BCUT2D eigenvalue weighted by atomic mass is 9.99. The number of hydrogen-bond donors (Lipinski definition) is 2. The number of carbonyl (C=O) groups excluding carboxylic acids is 1. The number of likely N-dealkylation sites (tertiary alicyclic amines) is 1. The molecule has 1 aliphatic rings. The van der Waals surface area contributed by atoms with Gasteiger partial charge in [0.2, 0.25) is 0 Å². The molecule has 2 rings (SSSR count). The predicted octanol–water partition coefficient (Wildman–Crippen LogP) is 1.69. The van der Waals surface area contributed by atoms with Crippen LogP contribution in [0.15, 0.2) is 12.1 Å². The van der Waals surface area contributed by atoms with Crippen LogP contribution >= 0.6 is 12.4 Å². The second kappa shape index (κ2) is 7.25. The summed E-state index contributed by atoms with van der Waals surface area (Å²) in [6, 6.07) is 2.93. The summed E-state index contributed by atoms with van der Waals surface area (Å²) < 4.78 is 0. The average molecular weight is 303 g/mol. The Hall–Kier alpha value is -1.60. The molecule has 1 saturated heterocycles. The van der Waals surface area contributed by atoms with E-state index in [0.717, 1.165) is 25.7 Å². The molecule has 0 bridgehead atoms. The second-order valence-corrected chi connectivity index (χ2v) is 4.74. The van der Waals surface area contributed by atoms with Crippen molar-refractivity contribution in [2.75, 3.05) is 13.1 Å². The molecule has 1 aliphatic heterocycles. The molecule has 112 valence electrons. The van der Waals surface area contributed by atoms with Gasteiger partial charge in [-0.2, -0.15) is 0 Å². The fourth-order valence-corrected chi connectivity index (χ4v) is 2.53. The number of amides is 1. The molecule has 20 heavy (non-hydrogen) atoms. The normalized spacial score (nSPS) is 18.4. The molecule has 1 fully saturated rings. The second-order valence-electron chi connectivity index (χ2n) is 4.74. The number of aromatic nitrogens is 1. The van der Waals surface area contributed by atoms with Crippen molar-refractivity contribution >= 4 is 24.1 Å². The highest BCUT2D eigenvalue weighted by Gasteiger charge is 2.29. The first-order valence-electron chi connectivity index (χ1n) is 6.48. The average Bonchev–Trinajstić information content (AvgIpc) is 2.89. The number of nitrogens with one attached hydrogen (secondary N) is 1.